The van der Waals surface area contributed by atoms with Gasteiger partial charge in [0.25, 0.3) is 5.56 Å². The van der Waals surface area contributed by atoms with Crippen LogP contribution in [0.1, 0.15) is 17.0 Å². The average molecular weight is 407 g/mol. The predicted octanol–water partition coefficient (Wildman–Crippen LogP) is 3.66. The number of halogens is 1. The summed E-state index contributed by atoms with van der Waals surface area (Å²) in [5.41, 5.74) is 1.99. The van der Waals surface area contributed by atoms with Crippen molar-refractivity contribution >= 4 is 45.7 Å². The SMILES string of the molecule is Cc1csc(NC(=O)Cc2cc(=O)[nH]c(SCc3cccc(Cl)c3)n2)n1. The molecule has 1 amide bonds. The van der Waals surface area contributed by atoms with E-state index in [1.54, 1.807) is 6.07 Å². The van der Waals surface area contributed by atoms with Crippen molar-refractivity contribution in [1.82, 2.24) is 15.0 Å². The van der Waals surface area contributed by atoms with Crippen LogP contribution in [-0.2, 0) is 17.0 Å². The molecule has 2 N–H and O–H groups in total. The zero-order valence-electron chi connectivity index (χ0n) is 13.8. The third-order valence-corrected chi connectivity index (χ3v) is 5.30. The summed E-state index contributed by atoms with van der Waals surface area (Å²) in [6, 6.07) is 8.81. The number of aromatic amines is 1. The van der Waals surface area contributed by atoms with Crippen LogP contribution in [0.2, 0.25) is 5.02 Å². The van der Waals surface area contributed by atoms with Crippen LogP contribution in [0, 0.1) is 6.92 Å². The molecule has 2 aromatic heterocycles. The number of thiazole rings is 1. The first-order chi connectivity index (χ1) is 12.5. The number of thioether (sulfide) groups is 1. The van der Waals surface area contributed by atoms with Gasteiger partial charge < -0.3 is 10.3 Å². The van der Waals surface area contributed by atoms with Gasteiger partial charge in [-0.05, 0) is 24.6 Å². The highest BCUT2D eigenvalue weighted by Gasteiger charge is 2.10. The van der Waals surface area contributed by atoms with E-state index in [2.05, 4.69) is 20.3 Å². The third kappa shape index (κ3) is 5.42. The van der Waals surface area contributed by atoms with Crippen molar-refractivity contribution in [2.45, 2.75) is 24.3 Å². The molecule has 134 valence electrons. The van der Waals surface area contributed by atoms with Gasteiger partial charge in [-0.15, -0.1) is 11.3 Å². The molecule has 0 spiro atoms. The van der Waals surface area contributed by atoms with Crippen LogP contribution in [0.3, 0.4) is 0 Å². The molecule has 26 heavy (non-hydrogen) atoms. The summed E-state index contributed by atoms with van der Waals surface area (Å²) in [5.74, 6) is 0.348. The number of nitrogens with zero attached hydrogens (tertiary/aromatic N) is 2. The van der Waals surface area contributed by atoms with Crippen LogP contribution >= 0.6 is 34.7 Å². The molecule has 0 unspecified atom stereocenters. The van der Waals surface area contributed by atoms with Crippen molar-refractivity contribution in [3.63, 3.8) is 0 Å². The Labute approximate surface area is 163 Å². The second-order valence-electron chi connectivity index (χ2n) is 5.48. The van der Waals surface area contributed by atoms with E-state index < -0.39 is 0 Å². The first-order valence-corrected chi connectivity index (χ1v) is 9.92. The number of carbonyl (C=O) groups is 1. The van der Waals surface area contributed by atoms with Gasteiger partial charge in [-0.1, -0.05) is 35.5 Å². The zero-order valence-corrected chi connectivity index (χ0v) is 16.2. The molecule has 3 aromatic rings. The van der Waals surface area contributed by atoms with Gasteiger partial charge in [-0.25, -0.2) is 9.97 Å². The molecule has 0 aliphatic heterocycles. The van der Waals surface area contributed by atoms with E-state index >= 15 is 0 Å². The Kier molecular flexibility index (Phi) is 6.08. The van der Waals surface area contributed by atoms with Crippen LogP contribution in [0.15, 0.2) is 45.7 Å². The van der Waals surface area contributed by atoms with E-state index in [4.69, 9.17) is 11.6 Å². The number of hydrogen-bond donors (Lipinski definition) is 2. The number of H-pyrrole nitrogens is 1. The molecule has 3 rings (SSSR count). The molecule has 2 heterocycles. The number of aromatic nitrogens is 3. The summed E-state index contributed by atoms with van der Waals surface area (Å²) in [6.45, 7) is 1.86. The number of amides is 1. The van der Waals surface area contributed by atoms with Crippen molar-refractivity contribution in [3.8, 4) is 0 Å². The Bertz CT molecular complexity index is 987. The number of anilines is 1. The molecule has 9 heteroatoms. The lowest BCUT2D eigenvalue weighted by molar-refractivity contribution is -0.115. The third-order valence-electron chi connectivity index (χ3n) is 3.24. The quantitative estimate of drug-likeness (QED) is 0.481. The Morgan fingerprint density at radius 2 is 2.19 bits per heavy atom. The lowest BCUT2D eigenvalue weighted by Gasteiger charge is -2.05. The Balaban J connectivity index is 1.65. The second-order valence-corrected chi connectivity index (χ2v) is 7.74. The van der Waals surface area contributed by atoms with Crippen molar-refractivity contribution in [3.05, 3.63) is 68.0 Å². The van der Waals surface area contributed by atoms with Crippen molar-refractivity contribution in [2.24, 2.45) is 0 Å². The van der Waals surface area contributed by atoms with Gasteiger partial charge in [-0.3, -0.25) is 9.59 Å². The number of nitrogens with one attached hydrogen (secondary N) is 2. The van der Waals surface area contributed by atoms with E-state index in [0.717, 1.165) is 11.3 Å². The maximum atomic E-state index is 12.1. The summed E-state index contributed by atoms with van der Waals surface area (Å²) in [6.07, 6.45) is 0.00722. The zero-order chi connectivity index (χ0) is 18.5. The maximum Gasteiger partial charge on any atom is 0.251 e. The Morgan fingerprint density at radius 3 is 2.92 bits per heavy atom. The van der Waals surface area contributed by atoms with Crippen LogP contribution < -0.4 is 10.9 Å². The summed E-state index contributed by atoms with van der Waals surface area (Å²) in [7, 11) is 0. The highest BCUT2D eigenvalue weighted by molar-refractivity contribution is 7.98. The van der Waals surface area contributed by atoms with Crippen LogP contribution in [0.5, 0.6) is 0 Å². The Hall–Kier alpha value is -2.16. The van der Waals surface area contributed by atoms with E-state index in [1.807, 2.05) is 30.5 Å². The summed E-state index contributed by atoms with van der Waals surface area (Å²) in [5, 5.41) is 6.22. The monoisotopic (exact) mass is 406 g/mol. The molecule has 0 fully saturated rings. The van der Waals surface area contributed by atoms with Gasteiger partial charge in [0, 0.05) is 22.2 Å². The number of benzene rings is 1. The average Bonchev–Trinajstić information content (AvgIpc) is 2.97. The fourth-order valence-corrected chi connectivity index (χ4v) is 3.91. The predicted molar refractivity (Wildman–Crippen MR) is 105 cm³/mol. The molecule has 0 aliphatic carbocycles. The first-order valence-electron chi connectivity index (χ1n) is 7.67. The van der Waals surface area contributed by atoms with Crippen LogP contribution in [0.25, 0.3) is 0 Å². The Morgan fingerprint density at radius 1 is 1.35 bits per heavy atom. The summed E-state index contributed by atoms with van der Waals surface area (Å²) in [4.78, 5) is 35.2. The highest BCUT2D eigenvalue weighted by atomic mass is 35.5. The van der Waals surface area contributed by atoms with Crippen molar-refractivity contribution in [1.29, 1.82) is 0 Å². The van der Waals surface area contributed by atoms with Gasteiger partial charge in [0.2, 0.25) is 5.91 Å². The molecule has 0 atom stereocenters. The smallest absolute Gasteiger partial charge is 0.251 e. The minimum Gasteiger partial charge on any atom is -0.302 e. The van der Waals surface area contributed by atoms with Gasteiger partial charge in [0.15, 0.2) is 10.3 Å². The number of aryl methyl sites for hydroxylation is 1. The molecule has 0 saturated heterocycles. The van der Waals surface area contributed by atoms with Crippen molar-refractivity contribution in [2.75, 3.05) is 5.32 Å². The lowest BCUT2D eigenvalue weighted by Crippen LogP contribution is -2.18. The largest absolute Gasteiger partial charge is 0.302 e. The molecular weight excluding hydrogens is 392 g/mol. The van der Waals surface area contributed by atoms with Crippen LogP contribution in [0.4, 0.5) is 5.13 Å². The molecule has 0 saturated carbocycles. The van der Waals surface area contributed by atoms with E-state index in [1.165, 1.54) is 29.2 Å². The number of carbonyl (C=O) groups excluding carboxylic acids is 1. The van der Waals surface area contributed by atoms with Crippen LogP contribution in [-0.4, -0.2) is 20.9 Å². The molecule has 6 nitrogen and oxygen atoms in total. The molecule has 0 bridgehead atoms. The molecule has 0 aliphatic rings. The van der Waals surface area contributed by atoms with Crippen molar-refractivity contribution < 1.29 is 4.79 Å². The second kappa shape index (κ2) is 8.48. The van der Waals surface area contributed by atoms with E-state index in [0.29, 0.717) is 26.8 Å². The minimum atomic E-state index is -0.290. The molecular formula is C17H15ClN4O2S2. The molecule has 1 aromatic carbocycles. The maximum absolute atomic E-state index is 12.1. The normalized spacial score (nSPS) is 10.7. The number of rotatable bonds is 6. The molecule has 0 radical (unpaired) electrons. The van der Waals surface area contributed by atoms with Gasteiger partial charge in [-0.2, -0.15) is 0 Å². The highest BCUT2D eigenvalue weighted by Crippen LogP contribution is 2.21. The topological polar surface area (TPSA) is 87.7 Å². The lowest BCUT2D eigenvalue weighted by atomic mass is 10.2. The standard InChI is InChI=1S/C17H15ClN4O2S2/c1-10-8-25-16(19-10)21-14(23)6-13-7-15(24)22-17(20-13)26-9-11-3-2-4-12(18)5-11/h2-5,7-8H,6,9H2,1H3,(H,19,21,23)(H,20,22,24). The van der Waals surface area contributed by atoms with E-state index in [-0.39, 0.29) is 17.9 Å². The van der Waals surface area contributed by atoms with Gasteiger partial charge in [0.1, 0.15) is 0 Å². The number of hydrogen-bond acceptors (Lipinski definition) is 6. The summed E-state index contributed by atoms with van der Waals surface area (Å²) < 4.78 is 0. The fourth-order valence-electron chi connectivity index (χ4n) is 2.16. The van der Waals surface area contributed by atoms with Gasteiger partial charge >= 0.3 is 0 Å². The summed E-state index contributed by atoms with van der Waals surface area (Å²) >= 11 is 8.70. The fraction of sp³-hybridized carbons (Fsp3) is 0.176. The first kappa shape index (κ1) is 18.6. The minimum absolute atomic E-state index is 0.00722. The van der Waals surface area contributed by atoms with E-state index in [9.17, 15) is 9.59 Å². The van der Waals surface area contributed by atoms with Gasteiger partial charge in [0.05, 0.1) is 17.8 Å².